The Hall–Kier alpha value is -3.98. The molecule has 2 N–H and O–H groups in total. The number of nitrogens with one attached hydrogen (secondary N) is 1. The van der Waals surface area contributed by atoms with Gasteiger partial charge in [-0.25, -0.2) is 4.79 Å². The summed E-state index contributed by atoms with van der Waals surface area (Å²) in [7, 11) is 0. The molecular weight excluding hydrogens is 442 g/mol. The highest BCUT2D eigenvalue weighted by Crippen LogP contribution is 2.26. The molecule has 1 saturated heterocycles. The molecule has 8 nitrogen and oxygen atoms in total. The maximum Gasteiger partial charge on any atom is 0.326 e. The van der Waals surface area contributed by atoms with Crippen LogP contribution < -0.4 is 15.0 Å². The molecule has 168 valence electrons. The van der Waals surface area contributed by atoms with E-state index in [0.717, 1.165) is 10.9 Å². The third-order valence-corrected chi connectivity index (χ3v) is 5.62. The van der Waals surface area contributed by atoms with Crippen LogP contribution in [0.5, 0.6) is 5.75 Å². The molecule has 2 heterocycles. The van der Waals surface area contributed by atoms with E-state index in [1.165, 1.54) is 11.0 Å². The van der Waals surface area contributed by atoms with Gasteiger partial charge < -0.3 is 14.4 Å². The molecule has 1 aromatic heterocycles. The van der Waals surface area contributed by atoms with Crippen LogP contribution in [0.3, 0.4) is 0 Å². The van der Waals surface area contributed by atoms with E-state index in [1.54, 1.807) is 66.2 Å². The fourth-order valence-corrected chi connectivity index (χ4v) is 3.93. The fourth-order valence-electron chi connectivity index (χ4n) is 3.65. The number of carbonyl (C=O) groups excluding carboxylic acids is 2. The number of aliphatic carboxylic acids is 1. The molecule has 0 unspecified atom stereocenters. The minimum Gasteiger partial charge on any atom is -0.494 e. The molecule has 1 aliphatic rings. The van der Waals surface area contributed by atoms with Crippen molar-refractivity contribution in [3.63, 3.8) is 0 Å². The van der Waals surface area contributed by atoms with Crippen molar-refractivity contribution in [2.75, 3.05) is 11.5 Å². The third-order valence-electron chi connectivity index (χ3n) is 5.34. The predicted octanol–water partition coefficient (Wildman–Crippen LogP) is 3.52. The molecule has 4 rings (SSSR count). The molecule has 3 aromatic rings. The van der Waals surface area contributed by atoms with Gasteiger partial charge in [0.05, 0.1) is 12.3 Å². The Labute approximate surface area is 195 Å². The molecule has 2 aromatic carbocycles. The van der Waals surface area contributed by atoms with Gasteiger partial charge in [0.15, 0.2) is 5.11 Å². The molecule has 0 radical (unpaired) electrons. The lowest BCUT2D eigenvalue weighted by molar-refractivity contribution is -0.140. The topological polar surface area (TPSA) is 101 Å². The van der Waals surface area contributed by atoms with Crippen LogP contribution >= 0.6 is 12.2 Å². The number of carboxylic acids is 1. The molecule has 9 heteroatoms. The molecule has 0 bridgehead atoms. The van der Waals surface area contributed by atoms with Crippen molar-refractivity contribution in [3.8, 4) is 5.75 Å². The number of nitrogens with zero attached hydrogens (tertiary/aromatic N) is 2. The minimum atomic E-state index is -0.937. The number of rotatable bonds is 6. The van der Waals surface area contributed by atoms with Gasteiger partial charge in [0.2, 0.25) is 0 Å². The standard InChI is InChI=1S/C24H21N3O5S/c1-3-32-18-7-5-17(6-8-18)27-22(29)19(21(28)25-24(27)33)13-15-4-9-20-16(12-15)10-11-26(20)14(2)23(30)31/h4-14H,3H2,1-2H3,(H,30,31)(H,25,28,33)/b19-13+/t14-/m0/s1. The van der Waals surface area contributed by atoms with Gasteiger partial charge in [-0.3, -0.25) is 19.8 Å². The van der Waals surface area contributed by atoms with Gasteiger partial charge in [-0.15, -0.1) is 0 Å². The molecular formula is C24H21N3O5S. The maximum atomic E-state index is 13.2. The summed E-state index contributed by atoms with van der Waals surface area (Å²) in [5, 5.41) is 12.6. The van der Waals surface area contributed by atoms with Crippen LogP contribution in [0, 0.1) is 0 Å². The molecule has 1 aliphatic heterocycles. The maximum absolute atomic E-state index is 13.2. The second-order valence-corrected chi connectivity index (χ2v) is 7.83. The van der Waals surface area contributed by atoms with Crippen LogP contribution in [-0.2, 0) is 14.4 Å². The number of aromatic nitrogens is 1. The van der Waals surface area contributed by atoms with E-state index in [4.69, 9.17) is 17.0 Å². The lowest BCUT2D eigenvalue weighted by Crippen LogP contribution is -2.54. The van der Waals surface area contributed by atoms with Crippen molar-refractivity contribution in [3.05, 3.63) is 65.9 Å². The Balaban J connectivity index is 1.67. The second-order valence-electron chi connectivity index (χ2n) is 7.44. The summed E-state index contributed by atoms with van der Waals surface area (Å²) in [5.74, 6) is -1.39. The molecule has 0 saturated carbocycles. The van der Waals surface area contributed by atoms with Crippen molar-refractivity contribution in [2.24, 2.45) is 0 Å². The minimum absolute atomic E-state index is 0.00139. The first kappa shape index (κ1) is 22.2. The van der Waals surface area contributed by atoms with E-state index in [1.807, 2.05) is 6.92 Å². The van der Waals surface area contributed by atoms with Crippen molar-refractivity contribution < 1.29 is 24.2 Å². The monoisotopic (exact) mass is 463 g/mol. The second kappa shape index (κ2) is 8.87. The fraction of sp³-hybridized carbons (Fsp3) is 0.167. The smallest absolute Gasteiger partial charge is 0.326 e. The molecule has 0 spiro atoms. The van der Waals surface area contributed by atoms with E-state index in [2.05, 4.69) is 5.32 Å². The zero-order chi connectivity index (χ0) is 23.7. The summed E-state index contributed by atoms with van der Waals surface area (Å²) in [6, 6.07) is 13.2. The number of fused-ring (bicyclic) bond motifs is 1. The van der Waals surface area contributed by atoms with Crippen molar-refractivity contribution in [1.82, 2.24) is 9.88 Å². The number of anilines is 1. The number of hydrogen-bond acceptors (Lipinski definition) is 5. The molecule has 0 aliphatic carbocycles. The average molecular weight is 464 g/mol. The van der Waals surface area contributed by atoms with Gasteiger partial charge in [0.25, 0.3) is 11.8 Å². The summed E-state index contributed by atoms with van der Waals surface area (Å²) < 4.78 is 7.08. The van der Waals surface area contributed by atoms with Crippen molar-refractivity contribution in [1.29, 1.82) is 0 Å². The van der Waals surface area contributed by atoms with Crippen LogP contribution in [0.4, 0.5) is 5.69 Å². The molecule has 2 amide bonds. The quantitative estimate of drug-likeness (QED) is 0.330. The van der Waals surface area contributed by atoms with Crippen LogP contribution in [0.1, 0.15) is 25.5 Å². The van der Waals surface area contributed by atoms with Crippen LogP contribution in [0.2, 0.25) is 0 Å². The van der Waals surface area contributed by atoms with Crippen LogP contribution in [-0.4, -0.2) is 39.2 Å². The Morgan fingerprint density at radius 3 is 2.58 bits per heavy atom. The van der Waals surface area contributed by atoms with E-state index in [-0.39, 0.29) is 10.7 Å². The van der Waals surface area contributed by atoms with Crippen LogP contribution in [0.15, 0.2) is 60.3 Å². The van der Waals surface area contributed by atoms with Crippen molar-refractivity contribution in [2.45, 2.75) is 19.9 Å². The average Bonchev–Trinajstić information content (AvgIpc) is 3.20. The Morgan fingerprint density at radius 1 is 1.18 bits per heavy atom. The summed E-state index contributed by atoms with van der Waals surface area (Å²) in [6.07, 6.45) is 3.20. The zero-order valence-corrected chi connectivity index (χ0v) is 18.8. The lowest BCUT2D eigenvalue weighted by Gasteiger charge is -2.29. The largest absolute Gasteiger partial charge is 0.494 e. The van der Waals surface area contributed by atoms with Crippen LogP contribution in [0.25, 0.3) is 17.0 Å². The Bertz CT molecular complexity index is 1310. The van der Waals surface area contributed by atoms with E-state index < -0.39 is 23.8 Å². The Morgan fingerprint density at radius 2 is 1.91 bits per heavy atom. The highest BCUT2D eigenvalue weighted by Gasteiger charge is 2.34. The normalized spacial score (nSPS) is 16.2. The highest BCUT2D eigenvalue weighted by atomic mass is 32.1. The summed E-state index contributed by atoms with van der Waals surface area (Å²) in [6.45, 7) is 4.00. The number of thiocarbonyl (C=S) groups is 1. The van der Waals surface area contributed by atoms with Gasteiger partial charge in [0, 0.05) is 17.1 Å². The molecule has 33 heavy (non-hydrogen) atoms. The van der Waals surface area contributed by atoms with Gasteiger partial charge >= 0.3 is 5.97 Å². The van der Waals surface area contributed by atoms with Crippen molar-refractivity contribution >= 4 is 57.8 Å². The lowest BCUT2D eigenvalue weighted by atomic mass is 10.1. The van der Waals surface area contributed by atoms with Gasteiger partial charge in [-0.1, -0.05) is 6.07 Å². The zero-order valence-electron chi connectivity index (χ0n) is 17.9. The number of hydrogen-bond donors (Lipinski definition) is 2. The third kappa shape index (κ3) is 4.22. The van der Waals surface area contributed by atoms with E-state index in [9.17, 15) is 19.5 Å². The first-order valence-corrected chi connectivity index (χ1v) is 10.7. The number of ether oxygens (including phenoxy) is 1. The first-order valence-electron chi connectivity index (χ1n) is 10.3. The van der Waals surface area contributed by atoms with Gasteiger partial charge in [0.1, 0.15) is 17.4 Å². The Kier molecular flexibility index (Phi) is 5.97. The number of carbonyl (C=O) groups is 3. The number of benzene rings is 2. The molecule has 1 fully saturated rings. The summed E-state index contributed by atoms with van der Waals surface area (Å²) >= 11 is 5.24. The van der Waals surface area contributed by atoms with Gasteiger partial charge in [-0.05, 0) is 80.2 Å². The summed E-state index contributed by atoms with van der Waals surface area (Å²) in [5.41, 5.74) is 1.81. The summed E-state index contributed by atoms with van der Waals surface area (Å²) in [4.78, 5) is 38.4. The SMILES string of the molecule is CCOc1ccc(N2C(=O)/C(=C/c3ccc4c(ccn4[C@@H](C)C(=O)O)c3)C(=O)NC2=S)cc1. The van der Waals surface area contributed by atoms with E-state index in [0.29, 0.717) is 23.6 Å². The molecule has 1 atom stereocenters. The number of amides is 2. The first-order chi connectivity index (χ1) is 15.8. The van der Waals surface area contributed by atoms with Gasteiger partial charge in [-0.2, -0.15) is 0 Å². The number of carboxylic acid groups (broad SMARTS) is 1. The predicted molar refractivity (Wildman–Crippen MR) is 128 cm³/mol. The van der Waals surface area contributed by atoms with E-state index >= 15 is 0 Å². The highest BCUT2D eigenvalue weighted by molar-refractivity contribution is 7.80.